The van der Waals surface area contributed by atoms with E-state index in [4.69, 9.17) is 4.74 Å². The van der Waals surface area contributed by atoms with Gasteiger partial charge in [-0.25, -0.2) is 13.2 Å². The number of anilines is 1. The third-order valence-corrected chi connectivity index (χ3v) is 5.11. The summed E-state index contributed by atoms with van der Waals surface area (Å²) in [6.45, 7) is 3.20. The SMILES string of the molecule is Cc1nc(-c2ccccc2)ccc1C(=O)OC(C)C(=O)c1ccc(NS(C)(=O)=O)cc1. The predicted octanol–water partition coefficient (Wildman–Crippen LogP) is 3.86. The normalized spacial score (nSPS) is 12.1. The van der Waals surface area contributed by atoms with Crippen LogP contribution in [0.2, 0.25) is 0 Å². The molecule has 0 amide bonds. The van der Waals surface area contributed by atoms with Gasteiger partial charge >= 0.3 is 5.97 Å². The molecule has 0 saturated carbocycles. The topological polar surface area (TPSA) is 102 Å². The highest BCUT2D eigenvalue weighted by Crippen LogP contribution is 2.20. The van der Waals surface area contributed by atoms with Crippen molar-refractivity contribution in [3.8, 4) is 11.3 Å². The highest BCUT2D eigenvalue weighted by atomic mass is 32.2. The van der Waals surface area contributed by atoms with Gasteiger partial charge in [0.15, 0.2) is 6.10 Å². The predicted molar refractivity (Wildman–Crippen MR) is 119 cm³/mol. The summed E-state index contributed by atoms with van der Waals surface area (Å²) in [5.74, 6) is -1.04. The van der Waals surface area contributed by atoms with Crippen LogP contribution in [0.1, 0.15) is 33.3 Å². The van der Waals surface area contributed by atoms with E-state index in [1.807, 2.05) is 30.3 Å². The molecule has 0 aliphatic rings. The lowest BCUT2D eigenvalue weighted by Crippen LogP contribution is -2.25. The number of ketones is 1. The lowest BCUT2D eigenvalue weighted by molar-refractivity contribution is 0.0317. The molecule has 1 unspecified atom stereocenters. The number of benzene rings is 2. The number of pyridine rings is 1. The highest BCUT2D eigenvalue weighted by molar-refractivity contribution is 7.92. The summed E-state index contributed by atoms with van der Waals surface area (Å²) in [4.78, 5) is 29.7. The maximum absolute atomic E-state index is 12.6. The molecule has 0 spiro atoms. The number of aromatic nitrogens is 1. The zero-order valence-corrected chi connectivity index (χ0v) is 18.1. The first-order chi connectivity index (χ1) is 14.6. The average molecular weight is 439 g/mol. The molecule has 2 aromatic carbocycles. The van der Waals surface area contributed by atoms with E-state index in [-0.39, 0.29) is 5.56 Å². The number of carbonyl (C=O) groups is 2. The lowest BCUT2D eigenvalue weighted by Gasteiger charge is -2.14. The second kappa shape index (κ2) is 9.09. The molecule has 0 aliphatic heterocycles. The Morgan fingerprint density at radius 1 is 0.968 bits per heavy atom. The molecule has 1 atom stereocenters. The Morgan fingerprint density at radius 2 is 1.61 bits per heavy atom. The summed E-state index contributed by atoms with van der Waals surface area (Å²) < 4.78 is 30.2. The van der Waals surface area contributed by atoms with Crippen LogP contribution in [-0.4, -0.2) is 37.5 Å². The minimum absolute atomic E-state index is 0.284. The number of Topliss-reactive ketones (excluding diaryl/α,β-unsaturated/α-hetero) is 1. The van der Waals surface area contributed by atoms with Crippen LogP contribution in [0.5, 0.6) is 0 Å². The highest BCUT2D eigenvalue weighted by Gasteiger charge is 2.22. The van der Waals surface area contributed by atoms with Gasteiger partial charge in [0, 0.05) is 16.8 Å². The van der Waals surface area contributed by atoms with E-state index in [2.05, 4.69) is 9.71 Å². The molecule has 1 heterocycles. The van der Waals surface area contributed by atoms with E-state index in [1.165, 1.54) is 31.2 Å². The standard InChI is InChI=1S/C23H22N2O5S/c1-15-20(13-14-21(24-15)17-7-5-4-6-8-17)23(27)30-16(2)22(26)18-9-11-19(12-10-18)25-31(3,28)29/h4-14,16,25H,1-3H3. The van der Waals surface area contributed by atoms with Crippen molar-refractivity contribution in [3.63, 3.8) is 0 Å². The molecule has 3 rings (SSSR count). The Balaban J connectivity index is 1.69. The molecule has 1 N–H and O–H groups in total. The number of nitrogens with zero attached hydrogens (tertiary/aromatic N) is 1. The van der Waals surface area contributed by atoms with Crippen molar-refractivity contribution >= 4 is 27.5 Å². The first kappa shape index (κ1) is 22.2. The summed E-state index contributed by atoms with van der Waals surface area (Å²) in [6, 6.07) is 18.8. The van der Waals surface area contributed by atoms with Gasteiger partial charge in [-0.1, -0.05) is 30.3 Å². The van der Waals surface area contributed by atoms with Gasteiger partial charge in [0.2, 0.25) is 15.8 Å². The molecule has 0 bridgehead atoms. The molecular formula is C23H22N2O5S. The second-order valence-electron chi connectivity index (χ2n) is 7.06. The van der Waals surface area contributed by atoms with Crippen molar-refractivity contribution < 1.29 is 22.7 Å². The Hall–Kier alpha value is -3.52. The first-order valence-corrected chi connectivity index (χ1v) is 11.4. The van der Waals surface area contributed by atoms with Crippen LogP contribution in [-0.2, 0) is 14.8 Å². The van der Waals surface area contributed by atoms with E-state index in [9.17, 15) is 18.0 Å². The third kappa shape index (κ3) is 5.76. The van der Waals surface area contributed by atoms with Crippen molar-refractivity contribution in [2.75, 3.05) is 11.0 Å². The van der Waals surface area contributed by atoms with Crippen LogP contribution in [0.3, 0.4) is 0 Å². The summed E-state index contributed by atoms with van der Waals surface area (Å²) in [6.07, 6.45) is 0.0195. The number of rotatable bonds is 7. The minimum Gasteiger partial charge on any atom is -0.451 e. The molecule has 0 fully saturated rings. The Kier molecular flexibility index (Phi) is 6.50. The van der Waals surface area contributed by atoms with Crippen LogP contribution in [0.4, 0.5) is 5.69 Å². The molecule has 1 aromatic heterocycles. The van der Waals surface area contributed by atoms with E-state index >= 15 is 0 Å². The van der Waals surface area contributed by atoms with E-state index in [0.29, 0.717) is 16.9 Å². The lowest BCUT2D eigenvalue weighted by atomic mass is 10.1. The van der Waals surface area contributed by atoms with Crippen molar-refractivity contribution in [3.05, 3.63) is 83.6 Å². The Labute approximate surface area is 181 Å². The van der Waals surface area contributed by atoms with E-state index in [0.717, 1.165) is 17.5 Å². The quantitative estimate of drug-likeness (QED) is 0.444. The summed E-state index contributed by atoms with van der Waals surface area (Å²) >= 11 is 0. The molecule has 0 radical (unpaired) electrons. The van der Waals surface area contributed by atoms with Crippen molar-refractivity contribution in [2.45, 2.75) is 20.0 Å². The zero-order valence-electron chi connectivity index (χ0n) is 17.3. The van der Waals surface area contributed by atoms with Crippen LogP contribution >= 0.6 is 0 Å². The number of ether oxygens (including phenoxy) is 1. The molecule has 0 aliphatic carbocycles. The minimum atomic E-state index is -3.41. The maximum atomic E-state index is 12.6. The smallest absolute Gasteiger partial charge is 0.340 e. The van der Waals surface area contributed by atoms with Gasteiger partial charge in [-0.2, -0.15) is 0 Å². The van der Waals surface area contributed by atoms with Crippen LogP contribution < -0.4 is 4.72 Å². The van der Waals surface area contributed by atoms with Gasteiger partial charge in [0.1, 0.15) is 0 Å². The summed E-state index contributed by atoms with van der Waals surface area (Å²) in [5.41, 5.74) is 3.09. The van der Waals surface area contributed by atoms with Gasteiger partial charge in [-0.05, 0) is 50.2 Å². The molecule has 160 valence electrons. The molecular weight excluding hydrogens is 416 g/mol. The third-order valence-electron chi connectivity index (χ3n) is 4.50. The summed E-state index contributed by atoms with van der Waals surface area (Å²) in [5, 5.41) is 0. The fourth-order valence-electron chi connectivity index (χ4n) is 2.98. The van der Waals surface area contributed by atoms with Crippen molar-refractivity contribution in [1.29, 1.82) is 0 Å². The van der Waals surface area contributed by atoms with E-state index < -0.39 is 27.9 Å². The van der Waals surface area contributed by atoms with Gasteiger partial charge in [-0.15, -0.1) is 0 Å². The molecule has 0 saturated heterocycles. The number of hydrogen-bond acceptors (Lipinski definition) is 6. The maximum Gasteiger partial charge on any atom is 0.340 e. The van der Waals surface area contributed by atoms with Crippen LogP contribution in [0, 0.1) is 6.92 Å². The van der Waals surface area contributed by atoms with Gasteiger partial charge in [0.05, 0.1) is 23.2 Å². The van der Waals surface area contributed by atoms with Crippen LogP contribution in [0.25, 0.3) is 11.3 Å². The largest absolute Gasteiger partial charge is 0.451 e. The fraction of sp³-hybridized carbons (Fsp3) is 0.174. The first-order valence-electron chi connectivity index (χ1n) is 9.50. The average Bonchev–Trinajstić information content (AvgIpc) is 2.73. The molecule has 8 heteroatoms. The number of carbonyl (C=O) groups excluding carboxylic acids is 2. The van der Waals surface area contributed by atoms with Gasteiger partial charge in [-0.3, -0.25) is 14.5 Å². The van der Waals surface area contributed by atoms with Crippen LogP contribution in [0.15, 0.2) is 66.7 Å². The van der Waals surface area contributed by atoms with E-state index in [1.54, 1.807) is 19.1 Å². The Morgan fingerprint density at radius 3 is 2.19 bits per heavy atom. The van der Waals surface area contributed by atoms with Gasteiger partial charge < -0.3 is 4.74 Å². The molecule has 7 nitrogen and oxygen atoms in total. The summed E-state index contributed by atoms with van der Waals surface area (Å²) in [7, 11) is -3.41. The van der Waals surface area contributed by atoms with Crippen molar-refractivity contribution in [2.24, 2.45) is 0 Å². The number of sulfonamides is 1. The molecule has 31 heavy (non-hydrogen) atoms. The van der Waals surface area contributed by atoms with Gasteiger partial charge in [0.25, 0.3) is 0 Å². The molecule has 3 aromatic rings. The number of hydrogen-bond donors (Lipinski definition) is 1. The zero-order chi connectivity index (χ0) is 22.6. The second-order valence-corrected chi connectivity index (χ2v) is 8.81. The Bertz CT molecular complexity index is 1210. The van der Waals surface area contributed by atoms with Crippen molar-refractivity contribution in [1.82, 2.24) is 4.98 Å². The number of aryl methyl sites for hydroxylation is 1. The number of esters is 1. The fourth-order valence-corrected chi connectivity index (χ4v) is 3.54. The number of nitrogens with one attached hydrogen (secondary N) is 1. The monoisotopic (exact) mass is 438 g/mol.